The smallest absolute Gasteiger partial charge is 0.237 e. The first-order valence-electron chi connectivity index (χ1n) is 5.45. The number of hydrogen-bond donors (Lipinski definition) is 0. The maximum atomic E-state index is 13.8. The highest BCUT2D eigenvalue weighted by Crippen LogP contribution is 2.24. The van der Waals surface area contributed by atoms with Crippen molar-refractivity contribution < 1.29 is 12.8 Å². The minimum Gasteiger partial charge on any atom is -0.237 e. The molecule has 0 aliphatic rings. The lowest BCUT2D eigenvalue weighted by atomic mass is 10.2. The molecule has 0 bridgehead atoms. The van der Waals surface area contributed by atoms with Crippen LogP contribution < -0.4 is 4.31 Å². The van der Waals surface area contributed by atoms with Gasteiger partial charge in [0.05, 0.1) is 0 Å². The Kier molecular flexibility index (Phi) is 3.48. The number of nitrogens with zero attached hydrogens (tertiary/aromatic N) is 3. The first kappa shape index (κ1) is 13.4. The molecule has 0 aliphatic carbocycles. The van der Waals surface area contributed by atoms with Crippen LogP contribution in [0.15, 0.2) is 41.6 Å². The molecule has 7 heteroatoms. The monoisotopic (exact) mass is 281 g/mol. The highest BCUT2D eigenvalue weighted by atomic mass is 32.2. The van der Waals surface area contributed by atoms with Gasteiger partial charge in [0.25, 0.3) is 10.0 Å². The van der Waals surface area contributed by atoms with Gasteiger partial charge in [0.1, 0.15) is 10.7 Å². The minimum atomic E-state index is -4.02. The van der Waals surface area contributed by atoms with E-state index < -0.39 is 15.8 Å². The van der Waals surface area contributed by atoms with Crippen LogP contribution in [-0.4, -0.2) is 25.4 Å². The molecule has 5 nitrogen and oxygen atoms in total. The lowest BCUT2D eigenvalue weighted by molar-refractivity contribution is 0.563. The molecule has 2 aromatic rings. The van der Waals surface area contributed by atoms with Gasteiger partial charge in [-0.3, -0.25) is 0 Å². The topological polar surface area (TPSA) is 63.2 Å². The summed E-state index contributed by atoms with van der Waals surface area (Å²) >= 11 is 0. The van der Waals surface area contributed by atoms with Crippen molar-refractivity contribution in [3.63, 3.8) is 0 Å². The Hall–Kier alpha value is -2.02. The predicted molar refractivity (Wildman–Crippen MR) is 68.8 cm³/mol. The van der Waals surface area contributed by atoms with E-state index >= 15 is 0 Å². The third-order valence-corrected chi connectivity index (χ3v) is 4.53. The van der Waals surface area contributed by atoms with E-state index in [1.165, 1.54) is 38.5 Å². The van der Waals surface area contributed by atoms with Gasteiger partial charge < -0.3 is 0 Å². The summed E-state index contributed by atoms with van der Waals surface area (Å²) in [6, 6.07) is 5.68. The Labute approximate surface area is 110 Å². The quantitative estimate of drug-likeness (QED) is 0.860. The highest BCUT2D eigenvalue weighted by molar-refractivity contribution is 7.92. The fourth-order valence-electron chi connectivity index (χ4n) is 1.64. The van der Waals surface area contributed by atoms with Gasteiger partial charge in [-0.1, -0.05) is 12.1 Å². The molecule has 0 spiro atoms. The molecule has 0 N–H and O–H groups in total. The zero-order valence-corrected chi connectivity index (χ0v) is 11.2. The van der Waals surface area contributed by atoms with E-state index in [-0.39, 0.29) is 10.8 Å². The number of rotatable bonds is 3. The number of hydrogen-bond acceptors (Lipinski definition) is 4. The Balaban J connectivity index is 2.55. The SMILES string of the molecule is Cc1cccc(F)c1S(=O)(=O)N(C)c1ncccn1. The summed E-state index contributed by atoms with van der Waals surface area (Å²) in [5, 5.41) is 0. The first-order chi connectivity index (χ1) is 8.94. The number of aromatic nitrogens is 2. The third-order valence-electron chi connectivity index (χ3n) is 2.62. The van der Waals surface area contributed by atoms with Crippen LogP contribution in [0, 0.1) is 12.7 Å². The molecular weight excluding hydrogens is 269 g/mol. The Morgan fingerprint density at radius 1 is 1.16 bits per heavy atom. The van der Waals surface area contributed by atoms with Crippen LogP contribution in [0.4, 0.5) is 10.3 Å². The summed E-state index contributed by atoms with van der Waals surface area (Å²) in [4.78, 5) is 7.33. The van der Waals surface area contributed by atoms with E-state index in [9.17, 15) is 12.8 Å². The van der Waals surface area contributed by atoms with Crippen LogP contribution in [0.2, 0.25) is 0 Å². The van der Waals surface area contributed by atoms with Crippen molar-refractivity contribution in [2.24, 2.45) is 0 Å². The average molecular weight is 281 g/mol. The zero-order valence-electron chi connectivity index (χ0n) is 10.4. The second kappa shape index (κ2) is 4.93. The molecule has 1 aromatic heterocycles. The zero-order chi connectivity index (χ0) is 14.0. The summed E-state index contributed by atoms with van der Waals surface area (Å²) in [5.74, 6) is -0.798. The van der Waals surface area contributed by atoms with Gasteiger partial charge in [-0.2, -0.15) is 0 Å². The number of benzene rings is 1. The van der Waals surface area contributed by atoms with Gasteiger partial charge in [0.15, 0.2) is 0 Å². The number of halogens is 1. The number of sulfonamides is 1. The number of anilines is 1. The van der Waals surface area contributed by atoms with Crippen molar-refractivity contribution in [1.82, 2.24) is 9.97 Å². The summed E-state index contributed by atoms with van der Waals surface area (Å²) in [6.07, 6.45) is 2.84. The van der Waals surface area contributed by atoms with Crippen molar-refractivity contribution in [1.29, 1.82) is 0 Å². The second-order valence-corrected chi connectivity index (χ2v) is 5.81. The van der Waals surface area contributed by atoms with Crippen molar-refractivity contribution in [2.45, 2.75) is 11.8 Å². The molecule has 100 valence electrons. The molecular formula is C12H12FN3O2S. The molecule has 2 rings (SSSR count). The molecule has 0 fully saturated rings. The van der Waals surface area contributed by atoms with Crippen molar-refractivity contribution in [3.8, 4) is 0 Å². The first-order valence-corrected chi connectivity index (χ1v) is 6.89. The van der Waals surface area contributed by atoms with Crippen LogP contribution in [0.3, 0.4) is 0 Å². The molecule has 0 amide bonds. The van der Waals surface area contributed by atoms with E-state index in [0.717, 1.165) is 10.4 Å². The molecule has 0 radical (unpaired) electrons. The van der Waals surface area contributed by atoms with Crippen molar-refractivity contribution in [2.75, 3.05) is 11.4 Å². The summed E-state index contributed by atoms with van der Waals surface area (Å²) < 4.78 is 39.4. The fraction of sp³-hybridized carbons (Fsp3) is 0.167. The molecule has 19 heavy (non-hydrogen) atoms. The average Bonchev–Trinajstić information content (AvgIpc) is 2.38. The Morgan fingerprint density at radius 2 is 1.79 bits per heavy atom. The molecule has 0 unspecified atom stereocenters. The molecule has 0 saturated carbocycles. The maximum absolute atomic E-state index is 13.8. The summed E-state index contributed by atoms with van der Waals surface area (Å²) in [5.41, 5.74) is 0.336. The van der Waals surface area contributed by atoms with E-state index in [2.05, 4.69) is 9.97 Å². The Morgan fingerprint density at radius 3 is 2.37 bits per heavy atom. The highest BCUT2D eigenvalue weighted by Gasteiger charge is 2.27. The Bertz CT molecular complexity index is 669. The minimum absolute atomic E-state index is 0.00912. The third kappa shape index (κ3) is 2.41. The largest absolute Gasteiger partial charge is 0.269 e. The predicted octanol–water partition coefficient (Wildman–Crippen LogP) is 1.75. The normalized spacial score (nSPS) is 11.3. The van der Waals surface area contributed by atoms with E-state index in [1.54, 1.807) is 6.07 Å². The van der Waals surface area contributed by atoms with Crippen LogP contribution in [0.5, 0.6) is 0 Å². The van der Waals surface area contributed by atoms with E-state index in [0.29, 0.717) is 5.56 Å². The molecule has 1 heterocycles. The van der Waals surface area contributed by atoms with E-state index in [1.807, 2.05) is 0 Å². The van der Waals surface area contributed by atoms with Gasteiger partial charge in [-0.25, -0.2) is 27.1 Å². The fourth-order valence-corrected chi connectivity index (χ4v) is 3.01. The van der Waals surface area contributed by atoms with Gasteiger partial charge in [0.2, 0.25) is 5.95 Å². The molecule has 0 saturated heterocycles. The lowest BCUT2D eigenvalue weighted by Crippen LogP contribution is -2.29. The van der Waals surface area contributed by atoms with Gasteiger partial charge >= 0.3 is 0 Å². The number of aryl methyl sites for hydroxylation is 1. The molecule has 0 aliphatic heterocycles. The summed E-state index contributed by atoms with van der Waals surface area (Å²) in [6.45, 7) is 1.54. The van der Waals surface area contributed by atoms with Crippen LogP contribution in [0.1, 0.15) is 5.56 Å². The van der Waals surface area contributed by atoms with Gasteiger partial charge in [0, 0.05) is 19.4 Å². The standard InChI is InChI=1S/C12H12FN3O2S/c1-9-5-3-6-10(13)11(9)19(17,18)16(2)12-14-7-4-8-15-12/h3-8H,1-2H3. The second-order valence-electron chi connectivity index (χ2n) is 3.91. The summed E-state index contributed by atoms with van der Waals surface area (Å²) in [7, 11) is -2.73. The van der Waals surface area contributed by atoms with Crippen LogP contribution in [0.25, 0.3) is 0 Å². The van der Waals surface area contributed by atoms with E-state index in [4.69, 9.17) is 0 Å². The lowest BCUT2D eigenvalue weighted by Gasteiger charge is -2.18. The van der Waals surface area contributed by atoms with Crippen LogP contribution >= 0.6 is 0 Å². The van der Waals surface area contributed by atoms with Crippen LogP contribution in [-0.2, 0) is 10.0 Å². The van der Waals surface area contributed by atoms with Crippen molar-refractivity contribution in [3.05, 3.63) is 48.0 Å². The molecule has 0 atom stereocenters. The van der Waals surface area contributed by atoms with Gasteiger partial charge in [-0.15, -0.1) is 0 Å². The van der Waals surface area contributed by atoms with Gasteiger partial charge in [-0.05, 0) is 24.6 Å². The maximum Gasteiger partial charge on any atom is 0.269 e. The van der Waals surface area contributed by atoms with Crippen molar-refractivity contribution >= 4 is 16.0 Å². The molecule has 1 aromatic carbocycles.